The van der Waals surface area contributed by atoms with E-state index in [4.69, 9.17) is 14.3 Å². The first-order valence-corrected chi connectivity index (χ1v) is 6.93. The van der Waals surface area contributed by atoms with Crippen molar-refractivity contribution in [1.82, 2.24) is 4.98 Å². The van der Waals surface area contributed by atoms with Gasteiger partial charge in [-0.3, -0.25) is 0 Å². The molecule has 2 aromatic rings. The number of halogens is 2. The van der Waals surface area contributed by atoms with Crippen LogP contribution in [0.2, 0.25) is 0 Å². The fourth-order valence-corrected chi connectivity index (χ4v) is 2.76. The van der Waals surface area contributed by atoms with E-state index in [1.54, 1.807) is 19.1 Å². The summed E-state index contributed by atoms with van der Waals surface area (Å²) in [6.07, 6.45) is 0. The van der Waals surface area contributed by atoms with Crippen molar-refractivity contribution in [1.29, 1.82) is 0 Å². The SMILES string of the molecule is CCOc1oc(-c2cc(Br)cc(Br)c2)nc1C(=O)O. The van der Waals surface area contributed by atoms with Gasteiger partial charge in [0.25, 0.3) is 0 Å². The molecule has 2 rings (SSSR count). The lowest BCUT2D eigenvalue weighted by Crippen LogP contribution is -2.01. The lowest BCUT2D eigenvalue weighted by atomic mass is 10.2. The second-order valence-electron chi connectivity index (χ2n) is 3.55. The van der Waals surface area contributed by atoms with Gasteiger partial charge in [-0.2, -0.15) is 4.98 Å². The highest BCUT2D eigenvalue weighted by Gasteiger charge is 2.21. The first kappa shape index (κ1) is 14.1. The Morgan fingerprint density at radius 2 is 2.00 bits per heavy atom. The summed E-state index contributed by atoms with van der Waals surface area (Å²) in [6.45, 7) is 2.04. The Kier molecular flexibility index (Phi) is 4.26. The molecule has 5 nitrogen and oxygen atoms in total. The number of aromatic carboxylic acids is 1. The number of ether oxygens (including phenoxy) is 1. The standard InChI is InChI=1S/C12H9Br2NO4/c1-2-18-12-9(11(16)17)15-10(19-12)6-3-7(13)5-8(14)4-6/h3-5H,2H2,1H3,(H,16,17). The number of carbonyl (C=O) groups is 1. The van der Waals surface area contributed by atoms with E-state index in [1.807, 2.05) is 6.07 Å². The van der Waals surface area contributed by atoms with Gasteiger partial charge in [-0.05, 0) is 25.1 Å². The van der Waals surface area contributed by atoms with Crippen LogP contribution < -0.4 is 4.74 Å². The molecular weight excluding hydrogens is 382 g/mol. The zero-order valence-corrected chi connectivity index (χ0v) is 13.0. The fraction of sp³-hybridized carbons (Fsp3) is 0.167. The number of rotatable bonds is 4. The van der Waals surface area contributed by atoms with Gasteiger partial charge in [0, 0.05) is 14.5 Å². The Labute approximate surface area is 125 Å². The molecule has 1 N–H and O–H groups in total. The van der Waals surface area contributed by atoms with Crippen molar-refractivity contribution in [3.8, 4) is 17.4 Å². The third-order valence-corrected chi connectivity index (χ3v) is 3.10. The molecule has 0 unspecified atom stereocenters. The molecule has 0 fully saturated rings. The average Bonchev–Trinajstić information content (AvgIpc) is 2.72. The highest BCUT2D eigenvalue weighted by Crippen LogP contribution is 2.31. The van der Waals surface area contributed by atoms with Crippen LogP contribution in [0.3, 0.4) is 0 Å². The zero-order chi connectivity index (χ0) is 14.0. The molecule has 100 valence electrons. The van der Waals surface area contributed by atoms with E-state index < -0.39 is 5.97 Å². The van der Waals surface area contributed by atoms with Gasteiger partial charge in [0.15, 0.2) is 0 Å². The molecule has 1 heterocycles. The third kappa shape index (κ3) is 3.16. The Morgan fingerprint density at radius 1 is 1.37 bits per heavy atom. The maximum atomic E-state index is 11.1. The highest BCUT2D eigenvalue weighted by atomic mass is 79.9. The summed E-state index contributed by atoms with van der Waals surface area (Å²) in [5, 5.41) is 9.04. The van der Waals surface area contributed by atoms with E-state index in [2.05, 4.69) is 36.8 Å². The molecule has 0 saturated heterocycles. The maximum Gasteiger partial charge on any atom is 0.362 e. The second kappa shape index (κ2) is 5.75. The summed E-state index contributed by atoms with van der Waals surface area (Å²) in [5.74, 6) is -1.07. The number of benzene rings is 1. The molecule has 0 radical (unpaired) electrons. The molecular formula is C12H9Br2NO4. The van der Waals surface area contributed by atoms with Gasteiger partial charge in [0.1, 0.15) is 0 Å². The predicted octanol–water partition coefficient (Wildman–Crippen LogP) is 3.96. The lowest BCUT2D eigenvalue weighted by molar-refractivity contribution is 0.0683. The van der Waals surface area contributed by atoms with Gasteiger partial charge in [-0.1, -0.05) is 31.9 Å². The van der Waals surface area contributed by atoms with Crippen molar-refractivity contribution in [2.75, 3.05) is 6.61 Å². The molecule has 7 heteroatoms. The minimum atomic E-state index is -1.19. The summed E-state index contributed by atoms with van der Waals surface area (Å²) in [4.78, 5) is 15.0. The molecule has 0 atom stereocenters. The van der Waals surface area contributed by atoms with Gasteiger partial charge < -0.3 is 14.3 Å². The van der Waals surface area contributed by atoms with E-state index in [0.717, 1.165) is 8.95 Å². The lowest BCUT2D eigenvalue weighted by Gasteiger charge is -1.99. The zero-order valence-electron chi connectivity index (χ0n) is 9.81. The molecule has 0 amide bonds. The van der Waals surface area contributed by atoms with E-state index in [0.29, 0.717) is 12.2 Å². The number of carboxylic acids is 1. The smallest absolute Gasteiger partial charge is 0.362 e. The van der Waals surface area contributed by atoms with Crippen LogP contribution in [-0.2, 0) is 0 Å². The van der Waals surface area contributed by atoms with Crippen LogP contribution in [0.15, 0.2) is 31.6 Å². The maximum absolute atomic E-state index is 11.1. The van der Waals surface area contributed by atoms with Crippen LogP contribution in [0.4, 0.5) is 0 Å². The Bertz CT molecular complexity index is 604. The summed E-state index contributed by atoms with van der Waals surface area (Å²) in [7, 11) is 0. The molecule has 1 aromatic carbocycles. The largest absolute Gasteiger partial charge is 0.476 e. The van der Waals surface area contributed by atoms with Gasteiger partial charge >= 0.3 is 11.9 Å². The first-order valence-electron chi connectivity index (χ1n) is 5.34. The number of hydrogen-bond donors (Lipinski definition) is 1. The summed E-state index contributed by atoms with van der Waals surface area (Å²) in [6, 6.07) is 5.41. The Balaban J connectivity index is 2.50. The van der Waals surface area contributed by atoms with Crippen molar-refractivity contribution in [3.63, 3.8) is 0 Å². The molecule has 0 saturated carbocycles. The van der Waals surface area contributed by atoms with Crippen LogP contribution in [0, 0.1) is 0 Å². The number of carboxylic acid groups (broad SMARTS) is 1. The van der Waals surface area contributed by atoms with Crippen molar-refractivity contribution >= 4 is 37.8 Å². The van der Waals surface area contributed by atoms with Crippen molar-refractivity contribution in [3.05, 3.63) is 32.8 Å². The highest BCUT2D eigenvalue weighted by molar-refractivity contribution is 9.11. The van der Waals surface area contributed by atoms with Gasteiger partial charge in [-0.15, -0.1) is 0 Å². The predicted molar refractivity (Wildman–Crippen MR) is 75.5 cm³/mol. The number of aromatic nitrogens is 1. The van der Waals surface area contributed by atoms with E-state index in [9.17, 15) is 4.79 Å². The number of hydrogen-bond acceptors (Lipinski definition) is 4. The quantitative estimate of drug-likeness (QED) is 0.855. The van der Waals surface area contributed by atoms with Crippen molar-refractivity contribution in [2.45, 2.75) is 6.92 Å². The van der Waals surface area contributed by atoms with Crippen LogP contribution in [0.5, 0.6) is 5.95 Å². The second-order valence-corrected chi connectivity index (χ2v) is 5.38. The van der Waals surface area contributed by atoms with Crippen molar-refractivity contribution in [2.24, 2.45) is 0 Å². The molecule has 0 aliphatic heterocycles. The van der Waals surface area contributed by atoms with Gasteiger partial charge in [-0.25, -0.2) is 4.79 Å². The summed E-state index contributed by atoms with van der Waals surface area (Å²) in [5.41, 5.74) is 0.419. The van der Waals surface area contributed by atoms with E-state index in [1.165, 1.54) is 0 Å². The third-order valence-electron chi connectivity index (χ3n) is 2.18. The van der Waals surface area contributed by atoms with Gasteiger partial charge in [0.2, 0.25) is 11.6 Å². The number of oxazole rings is 1. The molecule has 0 bridgehead atoms. The van der Waals surface area contributed by atoms with Crippen molar-refractivity contribution < 1.29 is 19.1 Å². The van der Waals surface area contributed by atoms with Crippen LogP contribution in [0.25, 0.3) is 11.5 Å². The first-order chi connectivity index (χ1) is 9.01. The van der Waals surface area contributed by atoms with E-state index >= 15 is 0 Å². The van der Waals surface area contributed by atoms with E-state index in [-0.39, 0.29) is 17.5 Å². The minimum absolute atomic E-state index is 0.0823. The summed E-state index contributed by atoms with van der Waals surface area (Å²) < 4.78 is 12.1. The Morgan fingerprint density at radius 3 is 2.53 bits per heavy atom. The molecule has 0 spiro atoms. The topological polar surface area (TPSA) is 72.6 Å². The average molecular weight is 391 g/mol. The van der Waals surface area contributed by atoms with Crippen LogP contribution in [-0.4, -0.2) is 22.7 Å². The fourth-order valence-electron chi connectivity index (χ4n) is 1.47. The summed E-state index contributed by atoms with van der Waals surface area (Å²) >= 11 is 6.70. The Hall–Kier alpha value is -1.34. The van der Waals surface area contributed by atoms with Crippen LogP contribution in [0.1, 0.15) is 17.4 Å². The molecule has 0 aliphatic rings. The molecule has 0 aliphatic carbocycles. The number of nitrogens with zero attached hydrogens (tertiary/aromatic N) is 1. The normalized spacial score (nSPS) is 10.5. The minimum Gasteiger partial charge on any atom is -0.476 e. The monoisotopic (exact) mass is 389 g/mol. The van der Waals surface area contributed by atoms with Gasteiger partial charge in [0.05, 0.1) is 6.61 Å². The molecule has 19 heavy (non-hydrogen) atoms. The van der Waals surface area contributed by atoms with Crippen LogP contribution >= 0.6 is 31.9 Å². The molecule has 1 aromatic heterocycles.